The van der Waals surface area contributed by atoms with Crippen molar-refractivity contribution in [1.82, 2.24) is 4.98 Å². The number of aryl methyl sites for hydroxylation is 1. The maximum atomic E-state index is 5.97. The van der Waals surface area contributed by atoms with Crippen molar-refractivity contribution >= 4 is 5.82 Å². The lowest BCUT2D eigenvalue weighted by molar-refractivity contribution is 0.635. The molecule has 1 aliphatic rings. The Morgan fingerprint density at radius 1 is 1.50 bits per heavy atom. The summed E-state index contributed by atoms with van der Waals surface area (Å²) in [7, 11) is 0. The summed E-state index contributed by atoms with van der Waals surface area (Å²) in [6, 6.07) is 4.76. The first-order valence-corrected chi connectivity index (χ1v) is 5.20. The number of aromatic nitrogens is 1. The molecule has 1 aromatic heterocycles. The summed E-state index contributed by atoms with van der Waals surface area (Å²) in [5.41, 5.74) is 7.21. The molecule has 3 N–H and O–H groups in total. The predicted octanol–water partition coefficient (Wildman–Crippen LogP) is 1.68. The lowest BCUT2D eigenvalue weighted by Crippen LogP contribution is -2.35. The second-order valence-electron chi connectivity index (χ2n) is 4.06. The number of nitrogens with one attached hydrogen (secondary N) is 1. The van der Waals surface area contributed by atoms with Crippen LogP contribution < -0.4 is 11.1 Å². The van der Waals surface area contributed by atoms with Gasteiger partial charge >= 0.3 is 0 Å². The Morgan fingerprint density at radius 2 is 2.36 bits per heavy atom. The van der Waals surface area contributed by atoms with Crippen molar-refractivity contribution in [3.8, 4) is 0 Å². The van der Waals surface area contributed by atoms with Gasteiger partial charge in [0, 0.05) is 18.3 Å². The molecule has 0 spiro atoms. The topological polar surface area (TPSA) is 50.9 Å². The van der Waals surface area contributed by atoms with Crippen LogP contribution in [0.2, 0.25) is 0 Å². The molecule has 2 unspecified atom stereocenters. The molecule has 2 atom stereocenters. The Balaban J connectivity index is 2.03. The van der Waals surface area contributed by atoms with Crippen LogP contribution in [0.3, 0.4) is 0 Å². The summed E-state index contributed by atoms with van der Waals surface area (Å²) < 4.78 is 0. The molecule has 0 amide bonds. The number of hydrogen-bond donors (Lipinski definition) is 2. The third-order valence-electron chi connectivity index (χ3n) is 2.82. The van der Waals surface area contributed by atoms with Gasteiger partial charge in [-0.25, -0.2) is 4.98 Å². The predicted molar refractivity (Wildman–Crippen MR) is 58.2 cm³/mol. The van der Waals surface area contributed by atoms with Crippen molar-refractivity contribution in [1.29, 1.82) is 0 Å². The molecule has 0 saturated heterocycles. The van der Waals surface area contributed by atoms with E-state index in [0.717, 1.165) is 18.7 Å². The van der Waals surface area contributed by atoms with Crippen LogP contribution in [0.1, 0.15) is 24.8 Å². The van der Waals surface area contributed by atoms with Gasteiger partial charge in [-0.3, -0.25) is 0 Å². The molecule has 0 aliphatic heterocycles. The second-order valence-corrected chi connectivity index (χ2v) is 4.06. The smallest absolute Gasteiger partial charge is 0.126 e. The van der Waals surface area contributed by atoms with Gasteiger partial charge in [0.1, 0.15) is 5.82 Å². The van der Waals surface area contributed by atoms with Gasteiger partial charge in [-0.05, 0) is 43.9 Å². The molecule has 0 aromatic carbocycles. The van der Waals surface area contributed by atoms with Gasteiger partial charge in [0.2, 0.25) is 0 Å². The molecule has 3 nitrogen and oxygen atoms in total. The molecule has 14 heavy (non-hydrogen) atoms. The fraction of sp³-hybridized carbons (Fsp3) is 0.545. The lowest BCUT2D eigenvalue weighted by atomic mass is 10.2. The molecule has 3 heteroatoms. The van der Waals surface area contributed by atoms with Crippen molar-refractivity contribution in [2.75, 3.05) is 5.32 Å². The Hall–Kier alpha value is -1.09. The van der Waals surface area contributed by atoms with Crippen LogP contribution in [0.4, 0.5) is 5.82 Å². The molecular weight excluding hydrogens is 174 g/mol. The summed E-state index contributed by atoms with van der Waals surface area (Å²) in [4.78, 5) is 4.27. The third-order valence-corrected chi connectivity index (χ3v) is 2.82. The fourth-order valence-electron chi connectivity index (χ4n) is 1.97. The highest BCUT2D eigenvalue weighted by Gasteiger charge is 2.23. The molecule has 1 aromatic rings. The van der Waals surface area contributed by atoms with E-state index in [9.17, 15) is 0 Å². The average molecular weight is 191 g/mol. The Morgan fingerprint density at radius 3 is 3.00 bits per heavy atom. The first-order valence-electron chi connectivity index (χ1n) is 5.20. The van der Waals surface area contributed by atoms with Crippen LogP contribution in [-0.4, -0.2) is 17.1 Å². The van der Waals surface area contributed by atoms with Gasteiger partial charge in [0.15, 0.2) is 0 Å². The highest BCUT2D eigenvalue weighted by molar-refractivity contribution is 5.38. The van der Waals surface area contributed by atoms with Gasteiger partial charge in [-0.15, -0.1) is 0 Å². The van der Waals surface area contributed by atoms with E-state index in [-0.39, 0.29) is 6.04 Å². The van der Waals surface area contributed by atoms with Crippen LogP contribution in [0.15, 0.2) is 18.3 Å². The van der Waals surface area contributed by atoms with E-state index in [2.05, 4.69) is 23.3 Å². The maximum absolute atomic E-state index is 5.97. The molecular formula is C11H17N3. The first-order chi connectivity index (χ1) is 6.75. The van der Waals surface area contributed by atoms with Gasteiger partial charge in [-0.1, -0.05) is 0 Å². The van der Waals surface area contributed by atoms with E-state index in [0.29, 0.717) is 6.04 Å². The highest BCUT2D eigenvalue weighted by atomic mass is 15.0. The summed E-state index contributed by atoms with van der Waals surface area (Å²) in [6.45, 7) is 2.07. The summed E-state index contributed by atoms with van der Waals surface area (Å²) >= 11 is 0. The zero-order valence-corrected chi connectivity index (χ0v) is 8.53. The van der Waals surface area contributed by atoms with E-state index < -0.39 is 0 Å². The zero-order valence-electron chi connectivity index (χ0n) is 8.53. The quantitative estimate of drug-likeness (QED) is 0.747. The van der Waals surface area contributed by atoms with Crippen LogP contribution in [-0.2, 0) is 0 Å². The Kier molecular flexibility index (Phi) is 2.68. The Labute approximate surface area is 84.7 Å². The number of nitrogens with two attached hydrogens (primary N) is 1. The number of nitrogens with zero attached hydrogens (tertiary/aromatic N) is 1. The molecule has 0 bridgehead atoms. The third kappa shape index (κ3) is 2.04. The van der Waals surface area contributed by atoms with E-state index in [1.807, 2.05) is 12.3 Å². The zero-order chi connectivity index (χ0) is 9.97. The largest absolute Gasteiger partial charge is 0.366 e. The minimum atomic E-state index is 0.289. The minimum absolute atomic E-state index is 0.289. The highest BCUT2D eigenvalue weighted by Crippen LogP contribution is 2.20. The molecule has 0 radical (unpaired) electrons. The molecule has 1 fully saturated rings. The van der Waals surface area contributed by atoms with Crippen LogP contribution >= 0.6 is 0 Å². The SMILES string of the molecule is Cc1ccnc(NC2CCCC2N)c1. The van der Waals surface area contributed by atoms with Crippen LogP contribution in [0.5, 0.6) is 0 Å². The molecule has 1 heterocycles. The van der Waals surface area contributed by atoms with Crippen LogP contribution in [0.25, 0.3) is 0 Å². The number of pyridine rings is 1. The van der Waals surface area contributed by atoms with Gasteiger partial charge < -0.3 is 11.1 Å². The van der Waals surface area contributed by atoms with Crippen LogP contribution in [0, 0.1) is 6.92 Å². The van der Waals surface area contributed by atoms with E-state index >= 15 is 0 Å². The van der Waals surface area contributed by atoms with Crippen molar-refractivity contribution < 1.29 is 0 Å². The number of hydrogen-bond acceptors (Lipinski definition) is 3. The summed E-state index contributed by atoms with van der Waals surface area (Å²) in [6.07, 6.45) is 5.35. The molecule has 1 saturated carbocycles. The average Bonchev–Trinajstić information content (AvgIpc) is 2.52. The van der Waals surface area contributed by atoms with Crippen molar-refractivity contribution in [3.05, 3.63) is 23.9 Å². The minimum Gasteiger partial charge on any atom is -0.366 e. The Bertz CT molecular complexity index is 311. The first kappa shape index (κ1) is 9.46. The standard InChI is InChI=1S/C11H17N3/c1-8-5-6-13-11(7-8)14-10-4-2-3-9(10)12/h5-7,9-10H,2-4,12H2,1H3,(H,13,14). The monoisotopic (exact) mass is 191 g/mol. The van der Waals surface area contributed by atoms with Crippen molar-refractivity contribution in [2.24, 2.45) is 5.73 Å². The number of anilines is 1. The van der Waals surface area contributed by atoms with Gasteiger partial charge in [0.25, 0.3) is 0 Å². The van der Waals surface area contributed by atoms with Gasteiger partial charge in [0.05, 0.1) is 0 Å². The molecule has 76 valence electrons. The maximum Gasteiger partial charge on any atom is 0.126 e. The molecule has 2 rings (SSSR count). The number of rotatable bonds is 2. The molecule has 1 aliphatic carbocycles. The fourth-order valence-corrected chi connectivity index (χ4v) is 1.97. The van der Waals surface area contributed by atoms with E-state index in [1.54, 1.807) is 0 Å². The normalized spacial score (nSPS) is 26.4. The van der Waals surface area contributed by atoms with E-state index in [4.69, 9.17) is 5.73 Å². The summed E-state index contributed by atoms with van der Waals surface area (Å²) in [5, 5.41) is 3.40. The second kappa shape index (κ2) is 3.96. The van der Waals surface area contributed by atoms with E-state index in [1.165, 1.54) is 12.0 Å². The van der Waals surface area contributed by atoms with Gasteiger partial charge in [-0.2, -0.15) is 0 Å². The lowest BCUT2D eigenvalue weighted by Gasteiger charge is -2.17. The van der Waals surface area contributed by atoms with Crippen molar-refractivity contribution in [3.63, 3.8) is 0 Å². The summed E-state index contributed by atoms with van der Waals surface area (Å²) in [5.74, 6) is 0.951. The van der Waals surface area contributed by atoms with Crippen molar-refractivity contribution in [2.45, 2.75) is 38.3 Å².